The van der Waals surface area contributed by atoms with E-state index in [2.05, 4.69) is 4.74 Å². The molecular weight excluding hydrogens is 142 g/mol. The van der Waals surface area contributed by atoms with E-state index >= 15 is 0 Å². The van der Waals surface area contributed by atoms with Gasteiger partial charge in [-0.2, -0.15) is 0 Å². The second-order valence-corrected chi connectivity index (χ2v) is 2.16. The lowest BCUT2D eigenvalue weighted by atomic mass is 10.2. The van der Waals surface area contributed by atoms with E-state index in [1.807, 2.05) is 6.92 Å². The summed E-state index contributed by atoms with van der Waals surface area (Å²) in [6.45, 7) is 1.84. The number of hydrogen-bond acceptors (Lipinski definition) is 3. The Morgan fingerprint density at radius 3 is 2.82 bits per heavy atom. The molecule has 0 atom stereocenters. The summed E-state index contributed by atoms with van der Waals surface area (Å²) < 4.78 is 4.45. The van der Waals surface area contributed by atoms with Crippen molar-refractivity contribution in [2.24, 2.45) is 0 Å². The minimum atomic E-state index is -0.00782. The molecule has 1 aromatic carbocycles. The van der Waals surface area contributed by atoms with E-state index in [1.165, 1.54) is 12.3 Å². The third kappa shape index (κ3) is 1.62. The first-order valence-corrected chi connectivity index (χ1v) is 3.09. The van der Waals surface area contributed by atoms with Gasteiger partial charge in [0.15, 0.2) is 11.5 Å². The fourth-order valence-corrected chi connectivity index (χ4v) is 0.763. The summed E-state index contributed by atoms with van der Waals surface area (Å²) >= 11 is 0. The maximum atomic E-state index is 9.15. The van der Waals surface area contributed by atoms with Gasteiger partial charge in [-0.3, -0.25) is 0 Å². The number of ether oxygens (including phenoxy) is 1. The summed E-state index contributed by atoms with van der Waals surface area (Å²) in [6.07, 6.45) is 1.48. The van der Waals surface area contributed by atoms with Crippen LogP contribution in [0.5, 0.6) is 11.5 Å². The van der Waals surface area contributed by atoms with E-state index in [0.29, 0.717) is 0 Å². The number of hydrogen-bond donors (Lipinski definition) is 1. The maximum absolute atomic E-state index is 9.15. The highest BCUT2D eigenvalue weighted by molar-refractivity contribution is 5.41. The van der Waals surface area contributed by atoms with Crippen LogP contribution in [0.1, 0.15) is 5.56 Å². The predicted molar refractivity (Wildman–Crippen MR) is 39.1 cm³/mol. The highest BCUT2D eigenvalue weighted by Gasteiger charge is 2.00. The number of phenolic OH excluding ortho intramolecular Hbond substituents is 1. The normalized spacial score (nSPS) is 8.73. The number of nitriles is 1. The Kier molecular flexibility index (Phi) is 1.98. The van der Waals surface area contributed by atoms with Gasteiger partial charge >= 0.3 is 0 Å². The Bertz CT molecular complexity index is 301. The molecule has 1 aromatic rings. The van der Waals surface area contributed by atoms with Crippen molar-refractivity contribution in [1.82, 2.24) is 0 Å². The Hall–Kier alpha value is -1.69. The van der Waals surface area contributed by atoms with Crippen LogP contribution in [0.3, 0.4) is 0 Å². The smallest absolute Gasteiger partial charge is 0.292 e. The zero-order chi connectivity index (χ0) is 8.27. The summed E-state index contributed by atoms with van der Waals surface area (Å²) in [5, 5.41) is 17.3. The van der Waals surface area contributed by atoms with Gasteiger partial charge in [0.1, 0.15) is 0 Å². The van der Waals surface area contributed by atoms with Crippen LogP contribution in [0.2, 0.25) is 0 Å². The zero-order valence-electron chi connectivity index (χ0n) is 6.03. The molecule has 0 aliphatic rings. The van der Waals surface area contributed by atoms with Crippen LogP contribution in [0.15, 0.2) is 18.2 Å². The molecule has 0 heterocycles. The van der Waals surface area contributed by atoms with E-state index < -0.39 is 0 Å². The van der Waals surface area contributed by atoms with Crippen molar-refractivity contribution in [2.45, 2.75) is 6.92 Å². The number of rotatable bonds is 1. The Morgan fingerprint density at radius 2 is 2.27 bits per heavy atom. The summed E-state index contributed by atoms with van der Waals surface area (Å²) in [6, 6.07) is 4.84. The van der Waals surface area contributed by atoms with Crippen LogP contribution in [0, 0.1) is 18.4 Å². The third-order valence-corrected chi connectivity index (χ3v) is 1.27. The lowest BCUT2D eigenvalue weighted by Gasteiger charge is -1.99. The van der Waals surface area contributed by atoms with Crippen molar-refractivity contribution in [2.75, 3.05) is 0 Å². The number of aryl methyl sites for hydroxylation is 1. The van der Waals surface area contributed by atoms with Crippen LogP contribution < -0.4 is 4.74 Å². The van der Waals surface area contributed by atoms with Gasteiger partial charge in [0.2, 0.25) is 0 Å². The molecule has 11 heavy (non-hydrogen) atoms. The fourth-order valence-electron chi connectivity index (χ4n) is 0.763. The van der Waals surface area contributed by atoms with Crippen molar-refractivity contribution in [1.29, 1.82) is 5.26 Å². The van der Waals surface area contributed by atoms with Crippen molar-refractivity contribution in [3.05, 3.63) is 23.8 Å². The standard InChI is InChI=1S/C8H7NO2/c1-6-2-3-8(11-5-9)7(10)4-6/h2-4,10H,1H3. The third-order valence-electron chi connectivity index (χ3n) is 1.27. The molecule has 0 radical (unpaired) electrons. The lowest BCUT2D eigenvalue weighted by Crippen LogP contribution is -1.82. The molecule has 0 unspecified atom stereocenters. The molecular formula is C8H7NO2. The van der Waals surface area contributed by atoms with Crippen LogP contribution >= 0.6 is 0 Å². The topological polar surface area (TPSA) is 53.2 Å². The Balaban J connectivity index is 3.01. The number of phenols is 1. The Morgan fingerprint density at radius 1 is 1.55 bits per heavy atom. The van der Waals surface area contributed by atoms with Gasteiger partial charge in [-0.25, -0.2) is 0 Å². The highest BCUT2D eigenvalue weighted by Crippen LogP contribution is 2.25. The number of nitrogens with zero attached hydrogens (tertiary/aromatic N) is 1. The van der Waals surface area contributed by atoms with Gasteiger partial charge in [0.05, 0.1) is 0 Å². The molecule has 0 saturated heterocycles. The molecule has 1 rings (SSSR count). The molecule has 0 aromatic heterocycles. The van der Waals surface area contributed by atoms with Crippen LogP contribution in [-0.4, -0.2) is 5.11 Å². The van der Waals surface area contributed by atoms with Crippen LogP contribution in [0.4, 0.5) is 0 Å². The molecule has 0 saturated carbocycles. The number of benzene rings is 1. The highest BCUT2D eigenvalue weighted by atomic mass is 16.5. The molecule has 3 heteroatoms. The first-order valence-electron chi connectivity index (χ1n) is 3.09. The molecule has 0 aliphatic heterocycles. The van der Waals surface area contributed by atoms with Crippen LogP contribution in [0.25, 0.3) is 0 Å². The van der Waals surface area contributed by atoms with Gasteiger partial charge in [0.25, 0.3) is 6.26 Å². The van der Waals surface area contributed by atoms with Gasteiger partial charge in [0, 0.05) is 0 Å². The molecule has 0 amide bonds. The van der Waals surface area contributed by atoms with Gasteiger partial charge in [-0.15, -0.1) is 5.26 Å². The summed E-state index contributed by atoms with van der Waals surface area (Å²) in [4.78, 5) is 0. The van der Waals surface area contributed by atoms with Gasteiger partial charge in [-0.1, -0.05) is 6.07 Å². The minimum absolute atomic E-state index is 0.00782. The van der Waals surface area contributed by atoms with E-state index in [1.54, 1.807) is 12.1 Å². The molecule has 56 valence electrons. The van der Waals surface area contributed by atoms with Gasteiger partial charge in [-0.05, 0) is 24.6 Å². The average Bonchev–Trinajstić information content (AvgIpc) is 1.95. The SMILES string of the molecule is Cc1ccc(OC#N)c(O)c1. The van der Waals surface area contributed by atoms with Crippen LogP contribution in [-0.2, 0) is 0 Å². The zero-order valence-corrected chi connectivity index (χ0v) is 6.03. The fraction of sp³-hybridized carbons (Fsp3) is 0.125. The van der Waals surface area contributed by atoms with E-state index in [0.717, 1.165) is 5.56 Å². The largest absolute Gasteiger partial charge is 0.504 e. The molecule has 0 bridgehead atoms. The monoisotopic (exact) mass is 149 g/mol. The van der Waals surface area contributed by atoms with Crippen molar-refractivity contribution in [3.63, 3.8) is 0 Å². The lowest BCUT2D eigenvalue weighted by molar-refractivity contribution is 0.420. The molecule has 0 spiro atoms. The molecule has 0 fully saturated rings. The first-order chi connectivity index (χ1) is 5.24. The Labute approximate surface area is 64.5 Å². The second-order valence-electron chi connectivity index (χ2n) is 2.16. The second kappa shape index (κ2) is 2.93. The summed E-state index contributed by atoms with van der Waals surface area (Å²) in [5.41, 5.74) is 0.924. The summed E-state index contributed by atoms with van der Waals surface area (Å²) in [5.74, 6) is 0.185. The molecule has 3 nitrogen and oxygen atoms in total. The summed E-state index contributed by atoms with van der Waals surface area (Å²) in [7, 11) is 0. The van der Waals surface area contributed by atoms with Gasteiger partial charge < -0.3 is 9.84 Å². The van der Waals surface area contributed by atoms with Crippen molar-refractivity contribution < 1.29 is 9.84 Å². The maximum Gasteiger partial charge on any atom is 0.292 e. The first kappa shape index (κ1) is 7.42. The van der Waals surface area contributed by atoms with E-state index in [-0.39, 0.29) is 11.5 Å². The quantitative estimate of drug-likeness (QED) is 0.616. The van der Waals surface area contributed by atoms with Crippen molar-refractivity contribution >= 4 is 0 Å². The van der Waals surface area contributed by atoms with Crippen molar-refractivity contribution in [3.8, 4) is 17.8 Å². The van der Waals surface area contributed by atoms with E-state index in [9.17, 15) is 0 Å². The van der Waals surface area contributed by atoms with E-state index in [4.69, 9.17) is 10.4 Å². The number of aromatic hydroxyl groups is 1. The molecule has 1 N–H and O–H groups in total. The predicted octanol–water partition coefficient (Wildman–Crippen LogP) is 1.56. The minimum Gasteiger partial charge on any atom is -0.504 e. The average molecular weight is 149 g/mol. The molecule has 0 aliphatic carbocycles.